The number of hydrogen-bond donors (Lipinski definition) is 3. The Morgan fingerprint density at radius 1 is 1.32 bits per heavy atom. The molecule has 8 heteroatoms. The Kier molecular flexibility index (Phi) is 4.75. The monoisotopic (exact) mass is 343 g/mol. The first-order chi connectivity index (χ1) is 12.0. The predicted octanol–water partition coefficient (Wildman–Crippen LogP) is 0.302. The van der Waals surface area contributed by atoms with E-state index in [0.717, 1.165) is 4.57 Å². The maximum absolute atomic E-state index is 12.2. The third kappa shape index (κ3) is 3.36. The summed E-state index contributed by atoms with van der Waals surface area (Å²) in [5, 5.41) is 21.6. The van der Waals surface area contributed by atoms with Gasteiger partial charge in [0.25, 0.3) is 5.91 Å². The summed E-state index contributed by atoms with van der Waals surface area (Å²) in [6.07, 6.45) is -1.45. The minimum absolute atomic E-state index is 0.0953. The van der Waals surface area contributed by atoms with Crippen LogP contribution in [-0.4, -0.2) is 44.5 Å². The van der Waals surface area contributed by atoms with E-state index >= 15 is 0 Å². The molecule has 1 aliphatic rings. The van der Waals surface area contributed by atoms with Crippen molar-refractivity contribution in [3.8, 4) is 0 Å². The van der Waals surface area contributed by atoms with Crippen LogP contribution in [0.5, 0.6) is 0 Å². The van der Waals surface area contributed by atoms with E-state index in [-0.39, 0.29) is 17.3 Å². The molecule has 1 aromatic carbocycles. The second-order valence-corrected chi connectivity index (χ2v) is 5.55. The average Bonchev–Trinajstić information content (AvgIpc) is 2.91. The lowest BCUT2D eigenvalue weighted by atomic mass is 10.1. The van der Waals surface area contributed by atoms with Gasteiger partial charge in [0, 0.05) is 17.3 Å². The van der Waals surface area contributed by atoms with Gasteiger partial charge in [-0.15, -0.1) is 0 Å². The van der Waals surface area contributed by atoms with Gasteiger partial charge in [0.15, 0.2) is 6.23 Å². The van der Waals surface area contributed by atoms with Crippen molar-refractivity contribution >= 4 is 11.7 Å². The zero-order valence-corrected chi connectivity index (χ0v) is 13.2. The highest BCUT2D eigenvalue weighted by atomic mass is 16.5. The van der Waals surface area contributed by atoms with Crippen LogP contribution in [0, 0.1) is 0 Å². The normalized spacial score (nSPS) is 22.8. The molecular formula is C17H17N3O5. The summed E-state index contributed by atoms with van der Waals surface area (Å²) in [7, 11) is 0. The highest BCUT2D eigenvalue weighted by Gasteiger charge is 2.38. The molecule has 1 unspecified atom stereocenters. The van der Waals surface area contributed by atoms with Crippen molar-refractivity contribution in [3.05, 3.63) is 70.8 Å². The van der Waals surface area contributed by atoms with Crippen molar-refractivity contribution in [1.82, 2.24) is 9.55 Å². The smallest absolute Gasteiger partial charge is 0.351 e. The average molecular weight is 343 g/mol. The number of aromatic nitrogens is 2. The van der Waals surface area contributed by atoms with Gasteiger partial charge in [0.1, 0.15) is 18.0 Å². The molecule has 0 bridgehead atoms. The largest absolute Gasteiger partial charge is 0.394 e. The van der Waals surface area contributed by atoms with Crippen molar-refractivity contribution in [2.45, 2.75) is 18.4 Å². The fourth-order valence-electron chi connectivity index (χ4n) is 2.54. The van der Waals surface area contributed by atoms with Crippen molar-refractivity contribution in [2.75, 3.05) is 11.9 Å². The second-order valence-electron chi connectivity index (χ2n) is 5.55. The summed E-state index contributed by atoms with van der Waals surface area (Å²) in [4.78, 5) is 28.1. The van der Waals surface area contributed by atoms with Crippen LogP contribution in [0.3, 0.4) is 0 Å². The van der Waals surface area contributed by atoms with Crippen LogP contribution in [0.4, 0.5) is 5.82 Å². The topological polar surface area (TPSA) is 114 Å². The van der Waals surface area contributed by atoms with E-state index in [0.29, 0.717) is 5.56 Å². The lowest BCUT2D eigenvalue weighted by Crippen LogP contribution is -2.29. The molecular weight excluding hydrogens is 326 g/mol. The highest BCUT2D eigenvalue weighted by molar-refractivity contribution is 6.03. The van der Waals surface area contributed by atoms with Crippen molar-refractivity contribution in [2.24, 2.45) is 0 Å². The van der Waals surface area contributed by atoms with Gasteiger partial charge in [-0.05, 0) is 18.2 Å². The van der Waals surface area contributed by atoms with Crippen LogP contribution in [0.1, 0.15) is 16.6 Å². The number of nitrogens with zero attached hydrogens (tertiary/aromatic N) is 2. The molecule has 1 aliphatic heterocycles. The molecule has 1 amide bonds. The number of carbonyl (C=O) groups is 1. The fraction of sp³-hybridized carbons (Fsp3) is 0.235. The molecule has 1 saturated heterocycles. The Labute approximate surface area is 143 Å². The van der Waals surface area contributed by atoms with Crippen LogP contribution >= 0.6 is 0 Å². The Balaban J connectivity index is 1.79. The first-order valence-corrected chi connectivity index (χ1v) is 7.60. The first kappa shape index (κ1) is 17.0. The number of ether oxygens (including phenoxy) is 1. The van der Waals surface area contributed by atoms with E-state index in [1.165, 1.54) is 12.3 Å². The number of benzene rings is 1. The zero-order chi connectivity index (χ0) is 18.0. The minimum Gasteiger partial charge on any atom is -0.394 e. The van der Waals surface area contributed by atoms with Crippen LogP contribution in [-0.2, 0) is 4.74 Å². The Morgan fingerprint density at radius 2 is 2.04 bits per heavy atom. The molecule has 3 atom stereocenters. The minimum atomic E-state index is -1.07. The molecule has 0 spiro atoms. The Bertz CT molecular complexity index is 849. The van der Waals surface area contributed by atoms with Crippen molar-refractivity contribution in [3.63, 3.8) is 0 Å². The van der Waals surface area contributed by atoms with Crippen LogP contribution in [0.15, 0.2) is 59.5 Å². The first-order valence-electron chi connectivity index (χ1n) is 7.60. The van der Waals surface area contributed by atoms with E-state index < -0.39 is 30.7 Å². The van der Waals surface area contributed by atoms with Crippen molar-refractivity contribution in [1.29, 1.82) is 0 Å². The summed E-state index contributed by atoms with van der Waals surface area (Å²) in [6, 6.07) is 9.97. The lowest BCUT2D eigenvalue weighted by Gasteiger charge is -2.15. The third-order valence-electron chi connectivity index (χ3n) is 3.89. The molecule has 1 aromatic heterocycles. The maximum Gasteiger partial charge on any atom is 0.351 e. The lowest BCUT2D eigenvalue weighted by molar-refractivity contribution is -0.0447. The number of aliphatic hydroxyl groups is 2. The number of amides is 1. The SMILES string of the molecule is C=C1C(O)[C@@H](CO)O[C@H]1n1ccc(NC(=O)c2ccccc2)nc1=O. The number of nitrogens with one attached hydrogen (secondary N) is 1. The van der Waals surface area contributed by atoms with E-state index in [9.17, 15) is 14.7 Å². The van der Waals surface area contributed by atoms with Crippen LogP contribution < -0.4 is 11.0 Å². The summed E-state index contributed by atoms with van der Waals surface area (Å²) in [5.74, 6) is -0.291. The van der Waals surface area contributed by atoms with Gasteiger partial charge >= 0.3 is 5.69 Å². The van der Waals surface area contributed by atoms with E-state index in [4.69, 9.17) is 9.84 Å². The highest BCUT2D eigenvalue weighted by Crippen LogP contribution is 2.31. The molecule has 3 N–H and O–H groups in total. The predicted molar refractivity (Wildman–Crippen MR) is 89.0 cm³/mol. The van der Waals surface area contributed by atoms with Gasteiger partial charge in [-0.3, -0.25) is 9.36 Å². The standard InChI is InChI=1S/C17H17N3O5/c1-10-14(22)12(9-21)25-16(10)20-8-7-13(19-17(20)24)18-15(23)11-5-3-2-4-6-11/h2-8,12,14,16,21-22H,1,9H2,(H,18,19,23,24)/t12-,14?,16-/m1/s1. The summed E-state index contributed by atoms with van der Waals surface area (Å²) >= 11 is 0. The molecule has 3 rings (SSSR count). The zero-order valence-electron chi connectivity index (χ0n) is 13.2. The van der Waals surface area contributed by atoms with Crippen LogP contribution in [0.2, 0.25) is 0 Å². The van der Waals surface area contributed by atoms with E-state index in [1.54, 1.807) is 30.3 Å². The maximum atomic E-state index is 12.2. The molecule has 2 aromatic rings. The summed E-state index contributed by atoms with van der Waals surface area (Å²) in [6.45, 7) is 3.30. The quantitative estimate of drug-likeness (QED) is 0.688. The summed E-state index contributed by atoms with van der Waals surface area (Å²) < 4.78 is 6.57. The van der Waals surface area contributed by atoms with E-state index in [1.807, 2.05) is 0 Å². The molecule has 0 radical (unpaired) electrons. The third-order valence-corrected chi connectivity index (χ3v) is 3.89. The Morgan fingerprint density at radius 3 is 2.64 bits per heavy atom. The number of carbonyl (C=O) groups excluding carboxylic acids is 1. The number of aliphatic hydroxyl groups excluding tert-OH is 2. The number of anilines is 1. The van der Waals surface area contributed by atoms with Gasteiger partial charge in [0.05, 0.1) is 6.61 Å². The molecule has 8 nitrogen and oxygen atoms in total. The molecule has 0 aliphatic carbocycles. The Hall–Kier alpha value is -2.81. The van der Waals surface area contributed by atoms with Gasteiger partial charge < -0.3 is 20.3 Å². The van der Waals surface area contributed by atoms with Gasteiger partial charge in [-0.25, -0.2) is 4.79 Å². The van der Waals surface area contributed by atoms with Gasteiger partial charge in [-0.1, -0.05) is 24.8 Å². The van der Waals surface area contributed by atoms with Gasteiger partial charge in [-0.2, -0.15) is 4.98 Å². The van der Waals surface area contributed by atoms with Crippen molar-refractivity contribution < 1.29 is 19.7 Å². The molecule has 25 heavy (non-hydrogen) atoms. The molecule has 2 heterocycles. The molecule has 1 fully saturated rings. The van der Waals surface area contributed by atoms with E-state index in [2.05, 4.69) is 16.9 Å². The number of hydrogen-bond acceptors (Lipinski definition) is 6. The number of rotatable bonds is 4. The summed E-state index contributed by atoms with van der Waals surface area (Å²) in [5.41, 5.74) is 0.0155. The van der Waals surface area contributed by atoms with Crippen LogP contribution in [0.25, 0.3) is 0 Å². The second kappa shape index (κ2) is 6.98. The van der Waals surface area contributed by atoms with Gasteiger partial charge in [0.2, 0.25) is 0 Å². The fourth-order valence-corrected chi connectivity index (χ4v) is 2.54. The molecule has 130 valence electrons. The molecule has 0 saturated carbocycles.